The Morgan fingerprint density at radius 2 is 2.08 bits per heavy atom. The molecule has 2 aliphatic rings. The van der Waals surface area contributed by atoms with Gasteiger partial charge in [0.05, 0.1) is 12.2 Å². The lowest BCUT2D eigenvalue weighted by molar-refractivity contribution is 0.0148. The number of benzene rings is 1. The topological polar surface area (TPSA) is 76.1 Å². The summed E-state index contributed by atoms with van der Waals surface area (Å²) in [5, 5.41) is 14.4. The van der Waals surface area contributed by atoms with E-state index in [-0.39, 0.29) is 17.5 Å². The van der Waals surface area contributed by atoms with Crippen molar-refractivity contribution in [1.29, 1.82) is 0 Å². The van der Waals surface area contributed by atoms with E-state index in [0.29, 0.717) is 29.5 Å². The van der Waals surface area contributed by atoms with Crippen LogP contribution in [0.2, 0.25) is 0 Å². The Bertz CT molecular complexity index is 788. The average molecular weight is 356 g/mol. The van der Waals surface area contributed by atoms with Crippen LogP contribution in [0.1, 0.15) is 25.7 Å². The number of anilines is 1. The van der Waals surface area contributed by atoms with Gasteiger partial charge in [-0.3, -0.25) is 0 Å². The molecular weight excluding hydrogens is 335 g/mol. The predicted octanol–water partition coefficient (Wildman–Crippen LogP) is 3.36. The molecule has 1 spiro atoms. The number of hydrogen-bond acceptors (Lipinski definition) is 5. The first-order chi connectivity index (χ1) is 12.6. The van der Waals surface area contributed by atoms with Crippen LogP contribution >= 0.6 is 0 Å². The second-order valence-electron chi connectivity index (χ2n) is 7.06. The van der Waals surface area contributed by atoms with Crippen molar-refractivity contribution < 1.29 is 13.9 Å². The van der Waals surface area contributed by atoms with Crippen LogP contribution in [0.25, 0.3) is 11.3 Å². The first kappa shape index (κ1) is 16.8. The van der Waals surface area contributed by atoms with Gasteiger partial charge in [-0.05, 0) is 55.9 Å². The summed E-state index contributed by atoms with van der Waals surface area (Å²) in [6.07, 6.45) is 3.51. The van der Waals surface area contributed by atoms with E-state index in [1.54, 1.807) is 6.07 Å². The lowest BCUT2D eigenvalue weighted by Gasteiger charge is -2.34. The summed E-state index contributed by atoms with van der Waals surface area (Å²) in [6, 6.07) is 10.0. The highest BCUT2D eigenvalue weighted by molar-refractivity contribution is 5.70. The molecule has 1 amide bonds. The minimum atomic E-state index is -0.296. The number of carbonyl (C=O) groups is 1. The summed E-state index contributed by atoms with van der Waals surface area (Å²) in [4.78, 5) is 11.3. The number of hydrogen-bond donors (Lipinski definition) is 2. The van der Waals surface area contributed by atoms with E-state index in [2.05, 4.69) is 20.8 Å². The second-order valence-corrected chi connectivity index (χ2v) is 7.06. The Hall–Kier alpha value is -2.70. The molecule has 1 aliphatic heterocycles. The molecule has 2 heterocycles. The minimum Gasteiger partial charge on any atom is -0.441 e. The molecule has 0 bridgehead atoms. The summed E-state index contributed by atoms with van der Waals surface area (Å²) in [7, 11) is 0. The van der Waals surface area contributed by atoms with Gasteiger partial charge in [0.2, 0.25) is 0 Å². The van der Waals surface area contributed by atoms with E-state index in [9.17, 15) is 9.18 Å². The fraction of sp³-hybridized carbons (Fsp3) is 0.421. The highest BCUT2D eigenvalue weighted by Gasteiger charge is 2.43. The minimum absolute atomic E-state index is 0.287. The third kappa shape index (κ3) is 3.61. The number of alkyl carbamates (subject to hydrolysis) is 1. The number of nitrogens with one attached hydrogen (secondary N) is 2. The third-order valence-corrected chi connectivity index (χ3v) is 5.24. The van der Waals surface area contributed by atoms with Gasteiger partial charge in [-0.2, -0.15) is 0 Å². The number of carbonyl (C=O) groups excluding carboxylic acids is 1. The number of halogens is 1. The largest absolute Gasteiger partial charge is 0.441 e. The Morgan fingerprint density at radius 3 is 2.73 bits per heavy atom. The molecule has 136 valence electrons. The Labute approximate surface area is 151 Å². The molecule has 1 saturated carbocycles. The Balaban J connectivity index is 1.30. The van der Waals surface area contributed by atoms with E-state index in [1.807, 2.05) is 18.2 Å². The van der Waals surface area contributed by atoms with Crippen molar-refractivity contribution in [2.24, 2.45) is 5.92 Å². The van der Waals surface area contributed by atoms with Gasteiger partial charge in [0, 0.05) is 12.1 Å². The molecule has 26 heavy (non-hydrogen) atoms. The molecular formula is C19H21FN4O2. The molecule has 7 heteroatoms. The standard InChI is InChI=1S/C19H21FN4O2/c20-15-3-1-2-14(10-15)16-4-5-17(24-23-16)21-11-13-6-8-19(9-7-13)12-22-18(25)26-19/h1-5,10,13H,6-9,11-12H2,(H,21,24)(H,22,25). The number of amides is 1. The summed E-state index contributed by atoms with van der Waals surface area (Å²) >= 11 is 0. The van der Waals surface area contributed by atoms with E-state index >= 15 is 0 Å². The molecule has 0 radical (unpaired) electrons. The lowest BCUT2D eigenvalue weighted by atomic mass is 9.79. The fourth-order valence-electron chi connectivity index (χ4n) is 3.67. The molecule has 1 aromatic heterocycles. The molecule has 1 aromatic carbocycles. The van der Waals surface area contributed by atoms with Crippen molar-refractivity contribution in [3.05, 3.63) is 42.2 Å². The van der Waals surface area contributed by atoms with Crippen LogP contribution in [0.4, 0.5) is 15.0 Å². The molecule has 4 rings (SSSR count). The number of ether oxygens (including phenoxy) is 1. The summed E-state index contributed by atoms with van der Waals surface area (Å²) in [6.45, 7) is 1.43. The maximum absolute atomic E-state index is 13.3. The van der Waals surface area contributed by atoms with Crippen molar-refractivity contribution in [3.8, 4) is 11.3 Å². The lowest BCUT2D eigenvalue weighted by Crippen LogP contribution is -2.39. The zero-order chi connectivity index (χ0) is 18.0. The number of nitrogens with zero attached hydrogens (tertiary/aromatic N) is 2. The summed E-state index contributed by atoms with van der Waals surface area (Å²) in [5.74, 6) is 0.939. The smallest absolute Gasteiger partial charge is 0.407 e. The predicted molar refractivity (Wildman–Crippen MR) is 95.1 cm³/mol. The Kier molecular flexibility index (Phi) is 4.44. The van der Waals surface area contributed by atoms with E-state index in [0.717, 1.165) is 32.2 Å². The van der Waals surface area contributed by atoms with Crippen LogP contribution in [0.5, 0.6) is 0 Å². The third-order valence-electron chi connectivity index (χ3n) is 5.24. The molecule has 1 aliphatic carbocycles. The van der Waals surface area contributed by atoms with Gasteiger partial charge in [-0.1, -0.05) is 12.1 Å². The first-order valence-corrected chi connectivity index (χ1v) is 8.92. The highest BCUT2D eigenvalue weighted by atomic mass is 19.1. The van der Waals surface area contributed by atoms with Crippen LogP contribution in [0.3, 0.4) is 0 Å². The maximum Gasteiger partial charge on any atom is 0.407 e. The van der Waals surface area contributed by atoms with Gasteiger partial charge in [-0.15, -0.1) is 10.2 Å². The van der Waals surface area contributed by atoms with Gasteiger partial charge in [0.1, 0.15) is 17.2 Å². The molecule has 0 atom stereocenters. The van der Waals surface area contributed by atoms with Gasteiger partial charge in [0.25, 0.3) is 0 Å². The fourth-order valence-corrected chi connectivity index (χ4v) is 3.67. The van der Waals surface area contributed by atoms with Crippen LogP contribution < -0.4 is 10.6 Å². The van der Waals surface area contributed by atoms with Crippen LogP contribution in [-0.2, 0) is 4.74 Å². The highest BCUT2D eigenvalue weighted by Crippen LogP contribution is 2.36. The van der Waals surface area contributed by atoms with Crippen molar-refractivity contribution in [2.75, 3.05) is 18.4 Å². The van der Waals surface area contributed by atoms with Gasteiger partial charge < -0.3 is 15.4 Å². The second kappa shape index (κ2) is 6.90. The van der Waals surface area contributed by atoms with E-state index in [4.69, 9.17) is 4.74 Å². The van der Waals surface area contributed by atoms with Crippen molar-refractivity contribution >= 4 is 11.9 Å². The van der Waals surface area contributed by atoms with Gasteiger partial charge in [0.15, 0.2) is 0 Å². The normalized spacial score (nSPS) is 25.0. The van der Waals surface area contributed by atoms with Crippen LogP contribution in [-0.4, -0.2) is 35.0 Å². The molecule has 2 aromatic rings. The maximum atomic E-state index is 13.3. The SMILES string of the molecule is O=C1NCC2(CCC(CNc3ccc(-c4cccc(F)c4)nn3)CC2)O1. The summed E-state index contributed by atoms with van der Waals surface area (Å²) in [5.41, 5.74) is 1.06. The quantitative estimate of drug-likeness (QED) is 0.878. The van der Waals surface area contributed by atoms with E-state index < -0.39 is 0 Å². The number of rotatable bonds is 4. The molecule has 0 unspecified atom stereocenters. The number of aromatic nitrogens is 2. The first-order valence-electron chi connectivity index (χ1n) is 8.92. The van der Waals surface area contributed by atoms with Crippen LogP contribution in [0, 0.1) is 11.7 Å². The van der Waals surface area contributed by atoms with Crippen LogP contribution in [0.15, 0.2) is 36.4 Å². The zero-order valence-electron chi connectivity index (χ0n) is 14.4. The monoisotopic (exact) mass is 356 g/mol. The zero-order valence-corrected chi connectivity index (χ0v) is 14.4. The van der Waals surface area contributed by atoms with Gasteiger partial charge in [-0.25, -0.2) is 9.18 Å². The van der Waals surface area contributed by atoms with E-state index in [1.165, 1.54) is 12.1 Å². The average Bonchev–Trinajstić information content (AvgIpc) is 3.02. The summed E-state index contributed by atoms with van der Waals surface area (Å²) < 4.78 is 18.7. The molecule has 2 N–H and O–H groups in total. The molecule has 2 fully saturated rings. The molecule has 6 nitrogen and oxygen atoms in total. The Morgan fingerprint density at radius 1 is 1.23 bits per heavy atom. The van der Waals surface area contributed by atoms with Crippen molar-refractivity contribution in [3.63, 3.8) is 0 Å². The molecule has 1 saturated heterocycles. The van der Waals surface area contributed by atoms with Crippen molar-refractivity contribution in [1.82, 2.24) is 15.5 Å². The van der Waals surface area contributed by atoms with Gasteiger partial charge >= 0.3 is 6.09 Å². The van der Waals surface area contributed by atoms with Crippen molar-refractivity contribution in [2.45, 2.75) is 31.3 Å².